The molecule has 0 saturated carbocycles. The average molecular weight is 407 g/mol. The van der Waals surface area contributed by atoms with Crippen molar-refractivity contribution in [3.05, 3.63) is 60.2 Å². The van der Waals surface area contributed by atoms with Crippen LogP contribution in [-0.2, 0) is 19.1 Å². The summed E-state index contributed by atoms with van der Waals surface area (Å²) < 4.78 is 4.71. The summed E-state index contributed by atoms with van der Waals surface area (Å²) in [4.78, 5) is 51.0. The molecule has 2 aliphatic heterocycles. The molecule has 0 unspecified atom stereocenters. The fraction of sp³-hybridized carbons (Fsp3) is 0.200. The molecule has 2 aromatic rings. The van der Waals surface area contributed by atoms with Crippen molar-refractivity contribution in [1.29, 1.82) is 0 Å². The zero-order valence-corrected chi connectivity index (χ0v) is 15.9. The van der Waals surface area contributed by atoms with Gasteiger partial charge < -0.3 is 10.1 Å². The number of amides is 3. The van der Waals surface area contributed by atoms with E-state index in [0.29, 0.717) is 5.69 Å². The summed E-state index contributed by atoms with van der Waals surface area (Å²) in [6.07, 6.45) is 0. The number of fused-ring (bicyclic) bond motifs is 1. The molecular formula is C20H17N5O5. The van der Waals surface area contributed by atoms with Gasteiger partial charge in [-0.2, -0.15) is 5.11 Å². The van der Waals surface area contributed by atoms with E-state index in [1.807, 2.05) is 0 Å². The predicted octanol–water partition coefficient (Wildman–Crippen LogP) is 1.41. The van der Waals surface area contributed by atoms with E-state index in [9.17, 15) is 19.2 Å². The third kappa shape index (κ3) is 3.28. The van der Waals surface area contributed by atoms with Crippen molar-refractivity contribution in [1.82, 2.24) is 5.01 Å². The zero-order valence-electron chi connectivity index (χ0n) is 15.9. The minimum absolute atomic E-state index is 0.191. The monoisotopic (exact) mass is 407 g/mol. The van der Waals surface area contributed by atoms with E-state index in [-0.39, 0.29) is 17.8 Å². The van der Waals surface area contributed by atoms with E-state index in [2.05, 4.69) is 15.7 Å². The molecule has 4 rings (SSSR count). The maximum Gasteiger partial charge on any atom is 0.339 e. The summed E-state index contributed by atoms with van der Waals surface area (Å²) in [5, 5.41) is 11.5. The number of anilines is 2. The van der Waals surface area contributed by atoms with Crippen LogP contribution >= 0.6 is 0 Å². The second-order valence-corrected chi connectivity index (χ2v) is 6.62. The summed E-state index contributed by atoms with van der Waals surface area (Å²) in [7, 11) is 1.24. The molecule has 1 N–H and O–H groups in total. The Balaban J connectivity index is 1.49. The molecule has 0 spiro atoms. The van der Waals surface area contributed by atoms with Gasteiger partial charge in [0.2, 0.25) is 5.91 Å². The molecule has 10 nitrogen and oxygen atoms in total. The first-order valence-electron chi connectivity index (χ1n) is 9.08. The number of hydrogen-bond donors (Lipinski definition) is 1. The molecule has 0 aromatic heterocycles. The van der Waals surface area contributed by atoms with Gasteiger partial charge in [0.1, 0.15) is 6.54 Å². The van der Waals surface area contributed by atoms with Gasteiger partial charge in [-0.15, -0.1) is 0 Å². The van der Waals surface area contributed by atoms with Crippen molar-refractivity contribution < 1.29 is 23.9 Å². The Labute approximate surface area is 171 Å². The molecule has 1 saturated heterocycles. The average Bonchev–Trinajstić information content (AvgIpc) is 3.28. The van der Waals surface area contributed by atoms with Gasteiger partial charge in [0.05, 0.1) is 24.0 Å². The first kappa shape index (κ1) is 19.2. The van der Waals surface area contributed by atoms with E-state index in [4.69, 9.17) is 4.74 Å². The van der Waals surface area contributed by atoms with E-state index in [1.165, 1.54) is 18.2 Å². The molecule has 2 aromatic carbocycles. The summed E-state index contributed by atoms with van der Waals surface area (Å²) >= 11 is 0. The minimum atomic E-state index is -0.993. The molecule has 0 radical (unpaired) electrons. The molecule has 10 heteroatoms. The van der Waals surface area contributed by atoms with Crippen molar-refractivity contribution >= 4 is 35.1 Å². The van der Waals surface area contributed by atoms with E-state index in [1.54, 1.807) is 48.5 Å². The van der Waals surface area contributed by atoms with Gasteiger partial charge in [-0.05, 0) is 24.3 Å². The highest BCUT2D eigenvalue weighted by atomic mass is 16.5. The van der Waals surface area contributed by atoms with Crippen LogP contribution in [0, 0.1) is 0 Å². The number of esters is 1. The molecule has 0 bridgehead atoms. The third-order valence-corrected chi connectivity index (χ3v) is 4.78. The van der Waals surface area contributed by atoms with Gasteiger partial charge in [0.15, 0.2) is 12.1 Å². The van der Waals surface area contributed by atoms with Crippen molar-refractivity contribution in [2.24, 2.45) is 10.3 Å². The first-order valence-corrected chi connectivity index (χ1v) is 9.08. The largest absolute Gasteiger partial charge is 0.465 e. The minimum Gasteiger partial charge on any atom is -0.465 e. The Bertz CT molecular complexity index is 1050. The van der Waals surface area contributed by atoms with Gasteiger partial charge in [-0.3, -0.25) is 19.4 Å². The fourth-order valence-electron chi connectivity index (χ4n) is 3.40. The summed E-state index contributed by atoms with van der Waals surface area (Å²) in [5.74, 6) is -2.10. The number of carbonyl (C=O) groups is 4. The molecule has 30 heavy (non-hydrogen) atoms. The Morgan fingerprint density at radius 1 is 1.03 bits per heavy atom. The van der Waals surface area contributed by atoms with Crippen molar-refractivity contribution in [3.63, 3.8) is 0 Å². The van der Waals surface area contributed by atoms with Gasteiger partial charge in [-0.25, -0.2) is 9.69 Å². The van der Waals surface area contributed by atoms with Gasteiger partial charge >= 0.3 is 5.97 Å². The van der Waals surface area contributed by atoms with Crippen LogP contribution in [0.1, 0.15) is 10.4 Å². The lowest BCUT2D eigenvalue weighted by molar-refractivity contribution is -0.123. The molecule has 2 atom stereocenters. The van der Waals surface area contributed by atoms with E-state index < -0.39 is 35.8 Å². The number of nitrogens with zero attached hydrogens (tertiary/aromatic N) is 4. The van der Waals surface area contributed by atoms with E-state index in [0.717, 1.165) is 4.90 Å². The predicted molar refractivity (Wildman–Crippen MR) is 104 cm³/mol. The Morgan fingerprint density at radius 2 is 1.73 bits per heavy atom. The third-order valence-electron chi connectivity index (χ3n) is 4.78. The second kappa shape index (κ2) is 7.74. The Kier molecular flexibility index (Phi) is 4.97. The number of hydrogen-bond acceptors (Lipinski definition) is 8. The molecule has 2 aliphatic rings. The molecule has 0 aliphatic carbocycles. The highest BCUT2D eigenvalue weighted by Crippen LogP contribution is 2.31. The maximum atomic E-state index is 12.9. The van der Waals surface area contributed by atoms with Crippen LogP contribution in [0.5, 0.6) is 0 Å². The standard InChI is InChI=1S/C20H17N5O5/c1-30-20(29)13-9-5-6-10-14(13)21-15(26)11-24-17-16(22-23-24)18(27)25(19(17)28)12-7-3-2-4-8-12/h2-10,16-17H,11H2,1H3,(H,21,26)/t16-,17-/m0/s1. The number of ether oxygens (including phenoxy) is 1. The van der Waals surface area contributed by atoms with Crippen LogP contribution in [0.25, 0.3) is 0 Å². The fourth-order valence-corrected chi connectivity index (χ4v) is 3.40. The highest BCUT2D eigenvalue weighted by molar-refractivity contribution is 6.25. The summed E-state index contributed by atoms with van der Waals surface area (Å²) in [6.45, 7) is -0.318. The van der Waals surface area contributed by atoms with Crippen LogP contribution in [0.2, 0.25) is 0 Å². The molecular weight excluding hydrogens is 390 g/mol. The smallest absolute Gasteiger partial charge is 0.339 e. The number of imide groups is 1. The molecule has 152 valence electrons. The van der Waals surface area contributed by atoms with Gasteiger partial charge in [0.25, 0.3) is 11.8 Å². The Morgan fingerprint density at radius 3 is 2.47 bits per heavy atom. The SMILES string of the molecule is COC(=O)c1ccccc1NC(=O)CN1N=N[C@@H]2C(=O)N(c3ccccc3)C(=O)[C@H]21. The number of rotatable bonds is 5. The number of carbonyl (C=O) groups excluding carboxylic acids is 4. The summed E-state index contributed by atoms with van der Waals surface area (Å²) in [5.41, 5.74) is 0.895. The van der Waals surface area contributed by atoms with Crippen molar-refractivity contribution in [2.45, 2.75) is 12.1 Å². The topological polar surface area (TPSA) is 121 Å². The van der Waals surface area contributed by atoms with Crippen LogP contribution in [0.3, 0.4) is 0 Å². The van der Waals surface area contributed by atoms with Gasteiger partial charge in [-0.1, -0.05) is 35.6 Å². The molecule has 3 amide bonds. The van der Waals surface area contributed by atoms with Gasteiger partial charge in [0, 0.05) is 0 Å². The quantitative estimate of drug-likeness (QED) is 0.591. The lowest BCUT2D eigenvalue weighted by Gasteiger charge is -2.20. The van der Waals surface area contributed by atoms with Crippen LogP contribution in [0.4, 0.5) is 11.4 Å². The lowest BCUT2D eigenvalue weighted by Crippen LogP contribution is -2.43. The zero-order chi connectivity index (χ0) is 21.3. The first-order chi connectivity index (χ1) is 14.5. The van der Waals surface area contributed by atoms with Crippen LogP contribution in [-0.4, -0.2) is 54.4 Å². The normalized spacial score (nSPS) is 19.8. The summed E-state index contributed by atoms with van der Waals surface area (Å²) in [6, 6.07) is 12.9. The van der Waals surface area contributed by atoms with Crippen molar-refractivity contribution in [2.75, 3.05) is 23.9 Å². The number of benzene rings is 2. The number of nitrogens with one attached hydrogen (secondary N) is 1. The lowest BCUT2D eigenvalue weighted by atomic mass is 10.1. The maximum absolute atomic E-state index is 12.9. The number of methoxy groups -OCH3 is 1. The van der Waals surface area contributed by atoms with E-state index >= 15 is 0 Å². The molecule has 2 heterocycles. The number of para-hydroxylation sites is 2. The van der Waals surface area contributed by atoms with Crippen LogP contribution in [0.15, 0.2) is 64.9 Å². The molecule has 1 fully saturated rings. The second-order valence-electron chi connectivity index (χ2n) is 6.62. The Hall–Kier alpha value is -4.08. The van der Waals surface area contributed by atoms with Crippen molar-refractivity contribution in [3.8, 4) is 0 Å². The highest BCUT2D eigenvalue weighted by Gasteiger charge is 2.55. The van der Waals surface area contributed by atoms with Crippen LogP contribution < -0.4 is 10.2 Å².